The Balaban J connectivity index is 1.75. The maximum Gasteiger partial charge on any atom is 0.268 e. The minimum atomic E-state index is -0.880. The molecule has 1 fully saturated rings. The maximum atomic E-state index is 13.2. The lowest BCUT2D eigenvalue weighted by atomic mass is 9.87. The zero-order valence-corrected chi connectivity index (χ0v) is 21.2. The SMILES string of the molecule is COc1ccc2[nH]c(C(=O)N[C@@H](CC(C)(C)C)C(=O)N[C@H](C#N)C[C@@H]3CCCNC3=O)cc2c1Cl. The van der Waals surface area contributed by atoms with E-state index in [-0.39, 0.29) is 29.4 Å². The number of amides is 3. The van der Waals surface area contributed by atoms with Gasteiger partial charge in [0, 0.05) is 23.4 Å². The molecule has 0 aliphatic carbocycles. The van der Waals surface area contributed by atoms with E-state index in [1.807, 2.05) is 20.8 Å². The molecule has 0 spiro atoms. The van der Waals surface area contributed by atoms with Gasteiger partial charge in [0.05, 0.1) is 18.2 Å². The predicted molar refractivity (Wildman–Crippen MR) is 133 cm³/mol. The highest BCUT2D eigenvalue weighted by Crippen LogP contribution is 2.33. The molecule has 1 saturated heterocycles. The number of rotatable bonds is 8. The van der Waals surface area contributed by atoms with E-state index in [9.17, 15) is 19.6 Å². The van der Waals surface area contributed by atoms with E-state index < -0.39 is 23.9 Å². The van der Waals surface area contributed by atoms with Gasteiger partial charge < -0.3 is 25.7 Å². The minimum Gasteiger partial charge on any atom is -0.495 e. The van der Waals surface area contributed by atoms with Crippen LogP contribution < -0.4 is 20.7 Å². The third kappa shape index (κ3) is 6.67. The van der Waals surface area contributed by atoms with Crippen molar-refractivity contribution < 1.29 is 19.1 Å². The normalized spacial score (nSPS) is 17.7. The predicted octanol–water partition coefficient (Wildman–Crippen LogP) is 3.29. The van der Waals surface area contributed by atoms with Crippen LogP contribution in [0, 0.1) is 22.7 Å². The number of benzene rings is 1. The average molecular weight is 502 g/mol. The molecule has 0 saturated carbocycles. The van der Waals surface area contributed by atoms with E-state index in [0.29, 0.717) is 41.1 Å². The number of methoxy groups -OCH3 is 1. The Hall–Kier alpha value is -3.25. The standard InChI is InChI=1S/C25H32ClN5O4/c1-25(2,3)12-19(24(34)29-15(13-27)10-14-6-5-9-28-22(14)32)31-23(33)18-11-16-17(30-18)7-8-20(35-4)21(16)26/h7-8,11,14-15,19,30H,5-6,9-10,12H2,1-4H3,(H,28,32)(H,29,34)(H,31,33)/t14-,15-,19-/m0/s1. The molecular formula is C25H32ClN5O4. The molecule has 2 aromatic rings. The molecule has 3 amide bonds. The van der Waals surface area contributed by atoms with Crippen LogP contribution in [0.1, 0.15) is 56.9 Å². The van der Waals surface area contributed by atoms with E-state index in [1.165, 1.54) is 7.11 Å². The second kappa shape index (κ2) is 11.0. The lowest BCUT2D eigenvalue weighted by Gasteiger charge is -2.28. The summed E-state index contributed by atoms with van der Waals surface area (Å²) < 4.78 is 5.23. The second-order valence-electron chi connectivity index (χ2n) is 10.1. The number of nitrogens with zero attached hydrogens (tertiary/aromatic N) is 1. The summed E-state index contributed by atoms with van der Waals surface area (Å²) in [6, 6.07) is 5.44. The van der Waals surface area contributed by atoms with Crippen LogP contribution in [0.3, 0.4) is 0 Å². The van der Waals surface area contributed by atoms with Crippen LogP contribution in [0.4, 0.5) is 0 Å². The number of hydrogen-bond acceptors (Lipinski definition) is 5. The van der Waals surface area contributed by atoms with Gasteiger partial charge in [-0.2, -0.15) is 5.26 Å². The Morgan fingerprint density at radius 3 is 2.69 bits per heavy atom. The summed E-state index contributed by atoms with van der Waals surface area (Å²) in [7, 11) is 1.51. The Bertz CT molecular complexity index is 1150. The number of H-pyrrole nitrogens is 1. The molecule has 188 valence electrons. The number of nitrogens with one attached hydrogen (secondary N) is 4. The van der Waals surface area contributed by atoms with Crippen LogP contribution in [-0.4, -0.2) is 48.4 Å². The summed E-state index contributed by atoms with van der Waals surface area (Å²) in [5.41, 5.74) is 0.628. The number of fused-ring (bicyclic) bond motifs is 1. The van der Waals surface area contributed by atoms with Gasteiger partial charge in [-0.25, -0.2) is 0 Å². The molecule has 1 aliphatic heterocycles. The zero-order valence-electron chi connectivity index (χ0n) is 20.5. The molecule has 4 N–H and O–H groups in total. The van der Waals surface area contributed by atoms with E-state index in [4.69, 9.17) is 16.3 Å². The summed E-state index contributed by atoms with van der Waals surface area (Å²) in [6.07, 6.45) is 2.09. The van der Waals surface area contributed by atoms with Crippen LogP contribution in [0.5, 0.6) is 5.75 Å². The van der Waals surface area contributed by atoms with Crippen LogP contribution in [0.15, 0.2) is 18.2 Å². The van der Waals surface area contributed by atoms with Gasteiger partial charge in [-0.05, 0) is 49.3 Å². The van der Waals surface area contributed by atoms with E-state index in [1.54, 1.807) is 18.2 Å². The first-order valence-electron chi connectivity index (χ1n) is 11.7. The Morgan fingerprint density at radius 2 is 2.06 bits per heavy atom. The fraction of sp³-hybridized carbons (Fsp3) is 0.520. The van der Waals surface area contributed by atoms with E-state index in [0.717, 1.165) is 6.42 Å². The largest absolute Gasteiger partial charge is 0.495 e. The van der Waals surface area contributed by atoms with Crippen molar-refractivity contribution in [3.05, 3.63) is 28.9 Å². The minimum absolute atomic E-state index is 0.0978. The van der Waals surface area contributed by atoms with Crippen molar-refractivity contribution in [1.82, 2.24) is 20.9 Å². The Morgan fingerprint density at radius 1 is 1.31 bits per heavy atom. The molecule has 1 aliphatic rings. The summed E-state index contributed by atoms with van der Waals surface area (Å²) in [5, 5.41) is 18.9. The van der Waals surface area contributed by atoms with Crippen LogP contribution >= 0.6 is 11.6 Å². The topological polar surface area (TPSA) is 136 Å². The molecule has 0 bridgehead atoms. The molecule has 1 aromatic heterocycles. The molecule has 2 heterocycles. The van der Waals surface area contributed by atoms with Gasteiger partial charge in [0.15, 0.2) is 0 Å². The summed E-state index contributed by atoms with van der Waals surface area (Å²) in [6.45, 7) is 6.51. The van der Waals surface area contributed by atoms with Gasteiger partial charge in [0.1, 0.15) is 23.5 Å². The fourth-order valence-electron chi connectivity index (χ4n) is 4.25. The number of carbonyl (C=O) groups excluding carboxylic acids is 3. The van der Waals surface area contributed by atoms with Gasteiger partial charge in [-0.15, -0.1) is 0 Å². The van der Waals surface area contributed by atoms with Crippen molar-refractivity contribution in [3.63, 3.8) is 0 Å². The smallest absolute Gasteiger partial charge is 0.268 e. The first kappa shape index (κ1) is 26.4. The number of aromatic amines is 1. The number of ether oxygens (including phenoxy) is 1. The maximum absolute atomic E-state index is 13.2. The van der Waals surface area contributed by atoms with Gasteiger partial charge in [-0.1, -0.05) is 32.4 Å². The number of piperidine rings is 1. The highest BCUT2D eigenvalue weighted by molar-refractivity contribution is 6.37. The monoisotopic (exact) mass is 501 g/mol. The molecule has 35 heavy (non-hydrogen) atoms. The van der Waals surface area contributed by atoms with Crippen molar-refractivity contribution >= 4 is 40.2 Å². The number of nitriles is 1. The summed E-state index contributed by atoms with van der Waals surface area (Å²) in [4.78, 5) is 41.4. The zero-order chi connectivity index (χ0) is 25.8. The van der Waals surface area contributed by atoms with Crippen LogP contribution in [0.25, 0.3) is 10.9 Å². The molecule has 3 rings (SSSR count). The molecule has 0 radical (unpaired) electrons. The molecular weight excluding hydrogens is 470 g/mol. The third-order valence-corrected chi connectivity index (χ3v) is 6.39. The highest BCUT2D eigenvalue weighted by Gasteiger charge is 2.31. The Kier molecular flexibility index (Phi) is 8.28. The number of aromatic nitrogens is 1. The van der Waals surface area contributed by atoms with Crippen molar-refractivity contribution in [3.8, 4) is 11.8 Å². The number of hydrogen-bond donors (Lipinski definition) is 4. The lowest BCUT2D eigenvalue weighted by molar-refractivity contribution is -0.128. The molecule has 3 atom stereocenters. The van der Waals surface area contributed by atoms with Crippen molar-refractivity contribution in [2.45, 2.75) is 58.5 Å². The molecule has 1 aromatic carbocycles. The third-order valence-electron chi connectivity index (χ3n) is 6.00. The molecule has 9 nitrogen and oxygen atoms in total. The Labute approximate surface area is 209 Å². The second-order valence-corrected chi connectivity index (χ2v) is 10.5. The van der Waals surface area contributed by atoms with E-state index in [2.05, 4.69) is 27.0 Å². The fourth-order valence-corrected chi connectivity index (χ4v) is 4.54. The first-order valence-corrected chi connectivity index (χ1v) is 12.0. The van der Waals surface area contributed by atoms with Crippen LogP contribution in [-0.2, 0) is 9.59 Å². The van der Waals surface area contributed by atoms with Crippen molar-refractivity contribution in [2.75, 3.05) is 13.7 Å². The lowest BCUT2D eigenvalue weighted by Crippen LogP contribution is -2.51. The summed E-state index contributed by atoms with van der Waals surface area (Å²) in [5.74, 6) is -0.867. The molecule has 0 unspecified atom stereocenters. The van der Waals surface area contributed by atoms with Gasteiger partial charge in [0.25, 0.3) is 5.91 Å². The van der Waals surface area contributed by atoms with E-state index >= 15 is 0 Å². The number of halogens is 1. The highest BCUT2D eigenvalue weighted by atomic mass is 35.5. The van der Waals surface area contributed by atoms with Crippen LogP contribution in [0.2, 0.25) is 5.02 Å². The number of carbonyl (C=O) groups is 3. The average Bonchev–Trinajstić information content (AvgIpc) is 3.24. The van der Waals surface area contributed by atoms with Crippen molar-refractivity contribution in [1.29, 1.82) is 5.26 Å². The quantitative estimate of drug-likeness (QED) is 0.440. The van der Waals surface area contributed by atoms with Gasteiger partial charge in [0.2, 0.25) is 11.8 Å². The van der Waals surface area contributed by atoms with Gasteiger partial charge >= 0.3 is 0 Å². The summed E-state index contributed by atoms with van der Waals surface area (Å²) >= 11 is 6.37. The van der Waals surface area contributed by atoms with Gasteiger partial charge in [-0.3, -0.25) is 14.4 Å². The van der Waals surface area contributed by atoms with Crippen molar-refractivity contribution in [2.24, 2.45) is 11.3 Å². The molecule has 10 heteroatoms. The first-order chi connectivity index (χ1) is 16.5.